The lowest BCUT2D eigenvalue weighted by molar-refractivity contribution is -0.0167. The minimum atomic E-state index is 0.263. The Morgan fingerprint density at radius 2 is 1.65 bits per heavy atom. The zero-order chi connectivity index (χ0) is 12.7. The van der Waals surface area contributed by atoms with Crippen LogP contribution < -0.4 is 5.32 Å². The zero-order valence-corrected chi connectivity index (χ0v) is 12.2. The van der Waals surface area contributed by atoms with Gasteiger partial charge >= 0.3 is 0 Å². The second-order valence-corrected chi connectivity index (χ2v) is 7.21. The maximum Gasteiger partial charge on any atom is 0.0281 e. The first-order valence-electron chi connectivity index (χ1n) is 7.00. The molecule has 0 saturated carbocycles. The lowest BCUT2D eigenvalue weighted by atomic mass is 9.87. The lowest BCUT2D eigenvalue weighted by Crippen LogP contribution is -2.69. The number of likely N-dealkylation sites (tertiary alicyclic amines) is 1. The van der Waals surface area contributed by atoms with Crippen LogP contribution in [-0.2, 0) is 0 Å². The third-order valence-electron chi connectivity index (χ3n) is 4.47. The summed E-state index contributed by atoms with van der Waals surface area (Å²) >= 11 is 0. The molecule has 0 atom stereocenters. The third-order valence-corrected chi connectivity index (χ3v) is 4.47. The second kappa shape index (κ2) is 4.52. The van der Waals surface area contributed by atoms with Gasteiger partial charge in [0.2, 0.25) is 0 Å². The molecule has 0 aromatic heterocycles. The van der Waals surface area contributed by atoms with Crippen LogP contribution in [0.4, 0.5) is 0 Å². The fraction of sp³-hybridized carbons (Fsp3) is 1.00. The van der Waals surface area contributed by atoms with Crippen LogP contribution in [0, 0.1) is 0 Å². The average Bonchev–Trinajstić information content (AvgIpc) is 2.24. The Morgan fingerprint density at radius 3 is 2.24 bits per heavy atom. The van der Waals surface area contributed by atoms with Crippen LogP contribution in [-0.4, -0.2) is 60.1 Å². The Hall–Kier alpha value is -0.120. The molecule has 0 spiro atoms. The van der Waals surface area contributed by atoms with Crippen molar-refractivity contribution in [3.05, 3.63) is 0 Å². The minimum absolute atomic E-state index is 0.263. The van der Waals surface area contributed by atoms with Crippen LogP contribution in [0.25, 0.3) is 0 Å². The highest BCUT2D eigenvalue weighted by molar-refractivity contribution is 5.00. The molecule has 0 aromatic carbocycles. The van der Waals surface area contributed by atoms with Crippen molar-refractivity contribution < 1.29 is 0 Å². The molecular formula is C14H29N3. The standard InChI is InChI=1S/C14H29N3/c1-13(2)11-17(14(3,4)10-15-13)12-6-8-16(5)9-7-12/h12,15H,6-11H2,1-5H3. The number of nitrogens with one attached hydrogen (secondary N) is 1. The van der Waals surface area contributed by atoms with Gasteiger partial charge in [0.15, 0.2) is 0 Å². The first-order chi connectivity index (χ1) is 7.80. The van der Waals surface area contributed by atoms with Gasteiger partial charge in [0.1, 0.15) is 0 Å². The van der Waals surface area contributed by atoms with E-state index in [9.17, 15) is 0 Å². The monoisotopic (exact) mass is 239 g/mol. The van der Waals surface area contributed by atoms with Crippen molar-refractivity contribution in [1.82, 2.24) is 15.1 Å². The molecule has 2 rings (SSSR count). The first-order valence-corrected chi connectivity index (χ1v) is 7.00. The Kier molecular flexibility index (Phi) is 3.54. The molecule has 0 radical (unpaired) electrons. The quantitative estimate of drug-likeness (QED) is 0.749. The van der Waals surface area contributed by atoms with Crippen molar-refractivity contribution in [3.8, 4) is 0 Å². The molecule has 0 unspecified atom stereocenters. The van der Waals surface area contributed by atoms with Gasteiger partial charge in [-0.15, -0.1) is 0 Å². The highest BCUT2D eigenvalue weighted by atomic mass is 15.3. The van der Waals surface area contributed by atoms with E-state index in [1.54, 1.807) is 0 Å². The molecule has 2 saturated heterocycles. The van der Waals surface area contributed by atoms with E-state index in [1.165, 1.54) is 32.5 Å². The molecule has 100 valence electrons. The average molecular weight is 239 g/mol. The number of hydrogen-bond donors (Lipinski definition) is 1. The minimum Gasteiger partial charge on any atom is -0.309 e. The van der Waals surface area contributed by atoms with Crippen LogP contribution in [0.1, 0.15) is 40.5 Å². The second-order valence-electron chi connectivity index (χ2n) is 7.21. The highest BCUT2D eigenvalue weighted by Gasteiger charge is 2.41. The predicted octanol–water partition coefficient (Wildman–Crippen LogP) is 1.54. The lowest BCUT2D eigenvalue weighted by Gasteiger charge is -2.54. The summed E-state index contributed by atoms with van der Waals surface area (Å²) in [5, 5.41) is 3.67. The summed E-state index contributed by atoms with van der Waals surface area (Å²) in [7, 11) is 2.24. The predicted molar refractivity (Wildman–Crippen MR) is 73.4 cm³/mol. The van der Waals surface area contributed by atoms with E-state index in [0.29, 0.717) is 5.54 Å². The molecule has 0 aliphatic carbocycles. The maximum absolute atomic E-state index is 3.67. The van der Waals surface area contributed by atoms with Crippen molar-refractivity contribution in [2.75, 3.05) is 33.2 Å². The van der Waals surface area contributed by atoms with Crippen molar-refractivity contribution in [1.29, 1.82) is 0 Å². The number of piperazine rings is 1. The third kappa shape index (κ3) is 3.01. The van der Waals surface area contributed by atoms with Gasteiger partial charge in [-0.05, 0) is 60.7 Å². The molecule has 2 fully saturated rings. The molecule has 0 bridgehead atoms. The van der Waals surface area contributed by atoms with Crippen molar-refractivity contribution in [3.63, 3.8) is 0 Å². The van der Waals surface area contributed by atoms with Crippen molar-refractivity contribution >= 4 is 0 Å². The molecule has 2 heterocycles. The van der Waals surface area contributed by atoms with E-state index in [2.05, 4.69) is 49.9 Å². The van der Waals surface area contributed by atoms with Gasteiger partial charge in [-0.25, -0.2) is 0 Å². The van der Waals surface area contributed by atoms with E-state index < -0.39 is 0 Å². The fourth-order valence-corrected chi connectivity index (χ4v) is 3.18. The van der Waals surface area contributed by atoms with E-state index in [-0.39, 0.29) is 5.54 Å². The fourth-order valence-electron chi connectivity index (χ4n) is 3.18. The molecule has 3 heteroatoms. The number of nitrogens with zero attached hydrogens (tertiary/aromatic N) is 2. The summed E-state index contributed by atoms with van der Waals surface area (Å²) in [6, 6.07) is 0.780. The molecule has 0 aromatic rings. The summed E-state index contributed by atoms with van der Waals surface area (Å²) in [4.78, 5) is 5.22. The SMILES string of the molecule is CN1CCC(N2CC(C)(C)NCC2(C)C)CC1. The van der Waals surface area contributed by atoms with Gasteiger partial charge in [-0.3, -0.25) is 4.90 Å². The normalized spacial score (nSPS) is 31.6. The molecule has 2 aliphatic rings. The van der Waals surface area contributed by atoms with Crippen LogP contribution >= 0.6 is 0 Å². The van der Waals surface area contributed by atoms with Gasteiger partial charge < -0.3 is 10.2 Å². The largest absolute Gasteiger partial charge is 0.309 e. The summed E-state index contributed by atoms with van der Waals surface area (Å²) in [5.74, 6) is 0. The van der Waals surface area contributed by atoms with Crippen LogP contribution in [0.5, 0.6) is 0 Å². The van der Waals surface area contributed by atoms with Crippen molar-refractivity contribution in [2.24, 2.45) is 0 Å². The van der Waals surface area contributed by atoms with E-state index in [4.69, 9.17) is 0 Å². The van der Waals surface area contributed by atoms with E-state index >= 15 is 0 Å². The molecule has 2 aliphatic heterocycles. The van der Waals surface area contributed by atoms with Gasteiger partial charge in [0.05, 0.1) is 0 Å². The molecule has 1 N–H and O–H groups in total. The van der Waals surface area contributed by atoms with Crippen molar-refractivity contribution in [2.45, 2.75) is 57.7 Å². The Labute approximate surface area is 107 Å². The van der Waals surface area contributed by atoms with E-state index in [0.717, 1.165) is 12.6 Å². The van der Waals surface area contributed by atoms with Gasteiger partial charge in [-0.1, -0.05) is 0 Å². The Morgan fingerprint density at radius 1 is 1.06 bits per heavy atom. The number of piperidine rings is 1. The van der Waals surface area contributed by atoms with E-state index in [1.807, 2.05) is 0 Å². The van der Waals surface area contributed by atoms with Crippen LogP contribution in [0.3, 0.4) is 0 Å². The van der Waals surface area contributed by atoms with Crippen LogP contribution in [0.2, 0.25) is 0 Å². The van der Waals surface area contributed by atoms with Crippen LogP contribution in [0.15, 0.2) is 0 Å². The molecule has 0 amide bonds. The van der Waals surface area contributed by atoms with Gasteiger partial charge in [0.25, 0.3) is 0 Å². The first kappa shape index (κ1) is 13.3. The summed E-state index contributed by atoms with van der Waals surface area (Å²) in [6.07, 6.45) is 2.66. The zero-order valence-electron chi connectivity index (χ0n) is 12.2. The summed E-state index contributed by atoms with van der Waals surface area (Å²) in [6.45, 7) is 14.2. The molecular weight excluding hydrogens is 210 g/mol. The molecule has 3 nitrogen and oxygen atoms in total. The highest BCUT2D eigenvalue weighted by Crippen LogP contribution is 2.29. The maximum atomic E-state index is 3.67. The number of hydrogen-bond acceptors (Lipinski definition) is 3. The van der Waals surface area contributed by atoms with Gasteiger partial charge in [-0.2, -0.15) is 0 Å². The summed E-state index contributed by atoms with van der Waals surface area (Å²) < 4.78 is 0. The van der Waals surface area contributed by atoms with Gasteiger partial charge in [0, 0.05) is 30.2 Å². The Balaban J connectivity index is 2.06. The summed E-state index contributed by atoms with van der Waals surface area (Å²) in [5.41, 5.74) is 0.564. The topological polar surface area (TPSA) is 18.5 Å². The smallest absolute Gasteiger partial charge is 0.0281 e. The molecule has 17 heavy (non-hydrogen) atoms. The Bertz CT molecular complexity index is 265. The number of rotatable bonds is 1.